The molecule has 0 aliphatic carbocycles. The maximum atomic E-state index is 8.67. The van der Waals surface area contributed by atoms with E-state index >= 15 is 0 Å². The summed E-state index contributed by atoms with van der Waals surface area (Å²) < 4.78 is 0. The van der Waals surface area contributed by atoms with Crippen LogP contribution in [0.5, 0.6) is 0 Å². The highest BCUT2D eigenvalue weighted by Gasteiger charge is 2.09. The second kappa shape index (κ2) is 6.95. The molecule has 2 rings (SSSR count). The SMILES string of the molecule is CN(CCc1ccncc1)c1ccc(C(N)=NO)cc1Cl. The Morgan fingerprint density at radius 2 is 2.05 bits per heavy atom. The van der Waals surface area contributed by atoms with E-state index < -0.39 is 0 Å². The van der Waals surface area contributed by atoms with E-state index in [2.05, 4.69) is 15.0 Å². The van der Waals surface area contributed by atoms with Crippen LogP contribution in [0.1, 0.15) is 11.1 Å². The Kier molecular flexibility index (Phi) is 5.00. The molecular formula is C15H17ClN4O. The molecule has 0 atom stereocenters. The summed E-state index contributed by atoms with van der Waals surface area (Å²) in [5.41, 5.74) is 8.26. The van der Waals surface area contributed by atoms with E-state index in [4.69, 9.17) is 22.5 Å². The van der Waals surface area contributed by atoms with Gasteiger partial charge in [0.25, 0.3) is 0 Å². The average Bonchev–Trinajstić information content (AvgIpc) is 2.52. The molecule has 21 heavy (non-hydrogen) atoms. The number of aromatic nitrogens is 1. The molecule has 1 aromatic heterocycles. The number of anilines is 1. The lowest BCUT2D eigenvalue weighted by Crippen LogP contribution is -2.21. The Morgan fingerprint density at radius 3 is 2.67 bits per heavy atom. The molecule has 2 aromatic rings. The Labute approximate surface area is 128 Å². The van der Waals surface area contributed by atoms with Gasteiger partial charge in [-0.25, -0.2) is 0 Å². The fraction of sp³-hybridized carbons (Fsp3) is 0.200. The van der Waals surface area contributed by atoms with Crippen LogP contribution in [0.3, 0.4) is 0 Å². The molecule has 6 heteroatoms. The molecule has 0 saturated heterocycles. The first-order chi connectivity index (χ1) is 10.1. The predicted octanol–water partition coefficient (Wildman–Crippen LogP) is 2.51. The Morgan fingerprint density at radius 1 is 1.33 bits per heavy atom. The molecule has 0 aliphatic heterocycles. The van der Waals surface area contributed by atoms with Crippen LogP contribution < -0.4 is 10.6 Å². The zero-order valence-corrected chi connectivity index (χ0v) is 12.5. The predicted molar refractivity (Wildman–Crippen MR) is 85.2 cm³/mol. The molecule has 1 aromatic carbocycles. The molecule has 0 saturated carbocycles. The zero-order chi connectivity index (χ0) is 15.2. The second-order valence-electron chi connectivity index (χ2n) is 4.68. The van der Waals surface area contributed by atoms with Crippen LogP contribution in [0.2, 0.25) is 5.02 Å². The lowest BCUT2D eigenvalue weighted by molar-refractivity contribution is 0.318. The second-order valence-corrected chi connectivity index (χ2v) is 5.09. The van der Waals surface area contributed by atoms with Crippen molar-refractivity contribution in [2.75, 3.05) is 18.5 Å². The van der Waals surface area contributed by atoms with E-state index in [1.165, 1.54) is 5.56 Å². The summed E-state index contributed by atoms with van der Waals surface area (Å²) in [4.78, 5) is 6.07. The Hall–Kier alpha value is -2.27. The van der Waals surface area contributed by atoms with Crippen molar-refractivity contribution in [3.8, 4) is 0 Å². The van der Waals surface area contributed by atoms with Crippen molar-refractivity contribution in [2.24, 2.45) is 10.9 Å². The van der Waals surface area contributed by atoms with Gasteiger partial charge in [-0.15, -0.1) is 0 Å². The van der Waals surface area contributed by atoms with Crippen molar-refractivity contribution in [1.29, 1.82) is 0 Å². The van der Waals surface area contributed by atoms with Gasteiger partial charge in [-0.3, -0.25) is 4.98 Å². The third-order valence-electron chi connectivity index (χ3n) is 3.25. The minimum atomic E-state index is 0.0443. The maximum Gasteiger partial charge on any atom is 0.170 e. The van der Waals surface area contributed by atoms with E-state index in [-0.39, 0.29) is 5.84 Å². The van der Waals surface area contributed by atoms with Crippen LogP contribution in [0.15, 0.2) is 47.9 Å². The van der Waals surface area contributed by atoms with E-state index in [0.717, 1.165) is 18.7 Å². The zero-order valence-electron chi connectivity index (χ0n) is 11.7. The lowest BCUT2D eigenvalue weighted by Gasteiger charge is -2.21. The van der Waals surface area contributed by atoms with Crippen LogP contribution in [-0.2, 0) is 6.42 Å². The number of nitrogens with zero attached hydrogens (tertiary/aromatic N) is 3. The first kappa shape index (κ1) is 15.1. The largest absolute Gasteiger partial charge is 0.409 e. The number of rotatable bonds is 5. The third kappa shape index (κ3) is 3.86. The van der Waals surface area contributed by atoms with Crippen molar-refractivity contribution in [2.45, 2.75) is 6.42 Å². The molecule has 1 heterocycles. The normalized spacial score (nSPS) is 11.4. The van der Waals surface area contributed by atoms with Gasteiger partial charge in [-0.2, -0.15) is 0 Å². The number of oxime groups is 1. The van der Waals surface area contributed by atoms with E-state index in [1.807, 2.05) is 25.2 Å². The third-order valence-corrected chi connectivity index (χ3v) is 3.55. The fourth-order valence-electron chi connectivity index (χ4n) is 2.00. The van der Waals surface area contributed by atoms with Crippen molar-refractivity contribution >= 4 is 23.1 Å². The quantitative estimate of drug-likeness (QED) is 0.385. The fourth-order valence-corrected chi connectivity index (χ4v) is 2.33. The van der Waals surface area contributed by atoms with E-state index in [0.29, 0.717) is 10.6 Å². The molecule has 110 valence electrons. The number of pyridine rings is 1. The summed E-state index contributed by atoms with van der Waals surface area (Å²) in [6.45, 7) is 0.826. The minimum absolute atomic E-state index is 0.0443. The van der Waals surface area contributed by atoms with Gasteiger partial charge in [0.1, 0.15) is 0 Å². The topological polar surface area (TPSA) is 74.7 Å². The molecule has 0 unspecified atom stereocenters. The summed E-state index contributed by atoms with van der Waals surface area (Å²) in [5.74, 6) is 0.0443. The summed E-state index contributed by atoms with van der Waals surface area (Å²) >= 11 is 6.26. The highest BCUT2D eigenvalue weighted by Crippen LogP contribution is 2.26. The molecular weight excluding hydrogens is 288 g/mol. The Bertz CT molecular complexity index is 631. The molecule has 3 N–H and O–H groups in total. The summed E-state index contributed by atoms with van der Waals surface area (Å²) in [7, 11) is 1.98. The summed E-state index contributed by atoms with van der Waals surface area (Å²) in [5, 5.41) is 12.2. The molecule has 0 amide bonds. The van der Waals surface area contributed by atoms with Gasteiger partial charge < -0.3 is 15.8 Å². The highest BCUT2D eigenvalue weighted by molar-refractivity contribution is 6.33. The lowest BCUT2D eigenvalue weighted by atomic mass is 10.1. The van der Waals surface area contributed by atoms with Gasteiger partial charge in [0, 0.05) is 31.5 Å². The molecule has 0 fully saturated rings. The van der Waals surface area contributed by atoms with Crippen molar-refractivity contribution < 1.29 is 5.21 Å². The van der Waals surface area contributed by atoms with Crippen molar-refractivity contribution in [1.82, 2.24) is 4.98 Å². The monoisotopic (exact) mass is 304 g/mol. The minimum Gasteiger partial charge on any atom is -0.409 e. The van der Waals surface area contributed by atoms with Gasteiger partial charge in [0.15, 0.2) is 5.84 Å². The number of benzene rings is 1. The van der Waals surface area contributed by atoms with Crippen LogP contribution in [0.25, 0.3) is 0 Å². The van der Waals surface area contributed by atoms with Gasteiger partial charge >= 0.3 is 0 Å². The standard InChI is InChI=1S/C15H17ClN4O/c1-20(9-6-11-4-7-18-8-5-11)14-3-2-12(10-13(14)16)15(17)19-21/h2-5,7-8,10,21H,6,9H2,1H3,(H2,17,19). The molecule has 0 bridgehead atoms. The average molecular weight is 305 g/mol. The number of hydrogen-bond donors (Lipinski definition) is 2. The first-order valence-corrected chi connectivity index (χ1v) is 6.87. The number of halogens is 1. The van der Waals surface area contributed by atoms with Crippen LogP contribution in [0, 0.1) is 0 Å². The van der Waals surface area contributed by atoms with Gasteiger partial charge in [-0.05, 0) is 42.3 Å². The van der Waals surface area contributed by atoms with E-state index in [9.17, 15) is 0 Å². The molecule has 5 nitrogen and oxygen atoms in total. The van der Waals surface area contributed by atoms with Crippen molar-refractivity contribution in [3.05, 3.63) is 58.9 Å². The molecule has 0 aliphatic rings. The first-order valence-electron chi connectivity index (χ1n) is 6.49. The number of hydrogen-bond acceptors (Lipinski definition) is 4. The van der Waals surface area contributed by atoms with Gasteiger partial charge in [0.05, 0.1) is 10.7 Å². The van der Waals surface area contributed by atoms with Crippen LogP contribution >= 0.6 is 11.6 Å². The number of nitrogens with two attached hydrogens (primary N) is 1. The van der Waals surface area contributed by atoms with E-state index in [1.54, 1.807) is 24.5 Å². The Balaban J connectivity index is 2.07. The van der Waals surface area contributed by atoms with Crippen LogP contribution in [0.4, 0.5) is 5.69 Å². The van der Waals surface area contributed by atoms with Crippen molar-refractivity contribution in [3.63, 3.8) is 0 Å². The number of likely N-dealkylation sites (N-methyl/N-ethyl adjacent to an activating group) is 1. The molecule has 0 radical (unpaired) electrons. The summed E-state index contributed by atoms with van der Waals surface area (Å²) in [6.07, 6.45) is 4.47. The van der Waals surface area contributed by atoms with Gasteiger partial charge in [-0.1, -0.05) is 16.8 Å². The summed E-state index contributed by atoms with van der Waals surface area (Å²) in [6, 6.07) is 9.32. The maximum absolute atomic E-state index is 8.67. The smallest absolute Gasteiger partial charge is 0.170 e. The van der Waals surface area contributed by atoms with Gasteiger partial charge in [0.2, 0.25) is 0 Å². The highest BCUT2D eigenvalue weighted by atomic mass is 35.5. The molecule has 0 spiro atoms. The number of amidine groups is 1. The van der Waals surface area contributed by atoms with Crippen LogP contribution in [-0.4, -0.2) is 29.6 Å².